The molecule has 33 heavy (non-hydrogen) atoms. The molecule has 0 aliphatic heterocycles. The van der Waals surface area contributed by atoms with Gasteiger partial charge in [-0.15, -0.1) is 0 Å². The van der Waals surface area contributed by atoms with Gasteiger partial charge in [0.2, 0.25) is 5.91 Å². The molecule has 0 saturated carbocycles. The molecule has 7 nitrogen and oxygen atoms in total. The van der Waals surface area contributed by atoms with E-state index in [-0.39, 0.29) is 21.2 Å². The molecule has 0 fully saturated rings. The molecule has 3 aromatic rings. The lowest BCUT2D eigenvalue weighted by Crippen LogP contribution is -2.38. The first-order chi connectivity index (χ1) is 15.6. The van der Waals surface area contributed by atoms with E-state index in [1.54, 1.807) is 31.2 Å². The normalized spacial score (nSPS) is 11.0. The van der Waals surface area contributed by atoms with Crippen molar-refractivity contribution in [3.63, 3.8) is 0 Å². The highest BCUT2D eigenvalue weighted by atomic mass is 35.5. The van der Waals surface area contributed by atoms with Gasteiger partial charge in [0.05, 0.1) is 34.0 Å². The number of anilines is 2. The monoisotopic (exact) mass is 506 g/mol. The lowest BCUT2D eigenvalue weighted by Gasteiger charge is -2.25. The minimum atomic E-state index is -4.11. The number of aryl methyl sites for hydroxylation is 1. The lowest BCUT2D eigenvalue weighted by atomic mass is 10.2. The van der Waals surface area contributed by atoms with E-state index >= 15 is 0 Å². The summed E-state index contributed by atoms with van der Waals surface area (Å²) in [5.74, 6) is -1.26. The van der Waals surface area contributed by atoms with Gasteiger partial charge in [-0.1, -0.05) is 41.4 Å². The molecule has 0 heterocycles. The molecule has 0 saturated heterocycles. The van der Waals surface area contributed by atoms with Gasteiger partial charge in [0.15, 0.2) is 0 Å². The molecular formula is C23H20Cl2N2O5S. The van der Waals surface area contributed by atoms with Crippen molar-refractivity contribution >= 4 is 56.5 Å². The van der Waals surface area contributed by atoms with E-state index in [1.165, 1.54) is 49.6 Å². The molecule has 3 aromatic carbocycles. The van der Waals surface area contributed by atoms with E-state index in [0.717, 1.165) is 4.31 Å². The Hall–Kier alpha value is -3.07. The Morgan fingerprint density at radius 1 is 1.00 bits per heavy atom. The van der Waals surface area contributed by atoms with Crippen LogP contribution in [0.25, 0.3) is 0 Å². The second-order valence-corrected chi connectivity index (χ2v) is 9.69. The van der Waals surface area contributed by atoms with Crippen LogP contribution in [-0.4, -0.2) is 33.9 Å². The highest BCUT2D eigenvalue weighted by molar-refractivity contribution is 7.92. The molecule has 1 N–H and O–H groups in total. The van der Waals surface area contributed by atoms with Gasteiger partial charge in [-0.05, 0) is 61.0 Å². The number of hydrogen-bond donors (Lipinski definition) is 1. The van der Waals surface area contributed by atoms with Crippen molar-refractivity contribution < 1.29 is 22.7 Å². The molecule has 172 valence electrons. The Kier molecular flexibility index (Phi) is 7.63. The smallest absolute Gasteiger partial charge is 0.337 e. The minimum absolute atomic E-state index is 0.0197. The zero-order valence-electron chi connectivity index (χ0n) is 17.7. The highest BCUT2D eigenvalue weighted by Gasteiger charge is 2.28. The lowest BCUT2D eigenvalue weighted by molar-refractivity contribution is -0.114. The maximum Gasteiger partial charge on any atom is 0.337 e. The van der Waals surface area contributed by atoms with Crippen LogP contribution >= 0.6 is 23.2 Å². The summed E-state index contributed by atoms with van der Waals surface area (Å²) in [7, 11) is -2.88. The van der Waals surface area contributed by atoms with E-state index in [4.69, 9.17) is 23.2 Å². The van der Waals surface area contributed by atoms with E-state index in [0.29, 0.717) is 16.3 Å². The van der Waals surface area contributed by atoms with Gasteiger partial charge in [-0.2, -0.15) is 0 Å². The Balaban J connectivity index is 1.96. The number of halogens is 2. The first-order valence-corrected chi connectivity index (χ1v) is 11.8. The maximum absolute atomic E-state index is 13.4. The first-order valence-electron chi connectivity index (χ1n) is 9.65. The third kappa shape index (κ3) is 5.65. The second kappa shape index (κ2) is 10.2. The number of nitrogens with zero attached hydrogens (tertiary/aromatic N) is 1. The topological polar surface area (TPSA) is 92.8 Å². The summed E-state index contributed by atoms with van der Waals surface area (Å²) in [5, 5.41) is 3.14. The third-order valence-corrected chi connectivity index (χ3v) is 7.09. The van der Waals surface area contributed by atoms with Crippen molar-refractivity contribution in [3.05, 3.63) is 87.9 Å². The number of methoxy groups -OCH3 is 1. The molecule has 0 spiro atoms. The van der Waals surface area contributed by atoms with Gasteiger partial charge in [-0.25, -0.2) is 13.2 Å². The molecule has 3 rings (SSSR count). The van der Waals surface area contributed by atoms with Crippen molar-refractivity contribution in [2.24, 2.45) is 0 Å². The number of para-hydroxylation sites is 1. The quantitative estimate of drug-likeness (QED) is 0.459. The van der Waals surface area contributed by atoms with Crippen LogP contribution in [0.4, 0.5) is 11.4 Å². The Morgan fingerprint density at radius 3 is 2.30 bits per heavy atom. The van der Waals surface area contributed by atoms with Gasteiger partial charge < -0.3 is 10.1 Å². The summed E-state index contributed by atoms with van der Waals surface area (Å²) < 4.78 is 32.6. The largest absolute Gasteiger partial charge is 0.465 e. The maximum atomic E-state index is 13.4. The molecule has 0 aromatic heterocycles. The van der Waals surface area contributed by atoms with Crippen LogP contribution < -0.4 is 9.62 Å². The fraction of sp³-hybridized carbons (Fsp3) is 0.130. The average molecular weight is 507 g/mol. The SMILES string of the molecule is COC(=O)c1ccc(Cl)c(NC(=O)CN(c2ccccc2C)S(=O)(=O)c2ccc(Cl)cc2)c1. The summed E-state index contributed by atoms with van der Waals surface area (Å²) in [5.41, 5.74) is 1.34. The van der Waals surface area contributed by atoms with Crippen molar-refractivity contribution in [1.82, 2.24) is 0 Å². The highest BCUT2D eigenvalue weighted by Crippen LogP contribution is 2.28. The average Bonchev–Trinajstić information content (AvgIpc) is 2.79. The van der Waals surface area contributed by atoms with Crippen LogP contribution in [-0.2, 0) is 19.6 Å². The standard InChI is InChI=1S/C23H20Cl2N2O5S/c1-15-5-3-4-6-21(15)27(33(30,31)18-10-8-17(24)9-11-18)14-22(28)26-20-13-16(23(29)32-2)7-12-19(20)25/h3-13H,14H2,1-2H3,(H,26,28). The predicted molar refractivity (Wildman–Crippen MR) is 129 cm³/mol. The van der Waals surface area contributed by atoms with Crippen LogP contribution in [0.15, 0.2) is 71.6 Å². The van der Waals surface area contributed by atoms with Crippen molar-refractivity contribution in [2.75, 3.05) is 23.3 Å². The summed E-state index contributed by atoms with van der Waals surface area (Å²) in [6.07, 6.45) is 0. The van der Waals surface area contributed by atoms with Crippen molar-refractivity contribution in [2.45, 2.75) is 11.8 Å². The molecule has 0 aliphatic rings. The third-order valence-electron chi connectivity index (χ3n) is 4.73. The molecule has 0 radical (unpaired) electrons. The Labute approximate surface area is 201 Å². The van der Waals surface area contributed by atoms with Crippen LogP contribution in [0.1, 0.15) is 15.9 Å². The number of hydrogen-bond acceptors (Lipinski definition) is 5. The summed E-state index contributed by atoms with van der Waals surface area (Å²) in [6.45, 7) is 1.21. The number of sulfonamides is 1. The molecule has 0 aliphatic carbocycles. The van der Waals surface area contributed by atoms with Crippen LogP contribution in [0.3, 0.4) is 0 Å². The van der Waals surface area contributed by atoms with Crippen molar-refractivity contribution in [1.29, 1.82) is 0 Å². The number of carbonyl (C=O) groups excluding carboxylic acids is 2. The van der Waals surface area contributed by atoms with E-state index in [2.05, 4.69) is 10.1 Å². The first kappa shape index (κ1) is 24.6. The number of amides is 1. The molecule has 0 unspecified atom stereocenters. The second-order valence-electron chi connectivity index (χ2n) is 6.99. The molecule has 0 atom stereocenters. The summed E-state index contributed by atoms with van der Waals surface area (Å²) >= 11 is 12.1. The van der Waals surface area contributed by atoms with Gasteiger partial charge in [-0.3, -0.25) is 9.10 Å². The van der Waals surface area contributed by atoms with Crippen molar-refractivity contribution in [3.8, 4) is 0 Å². The number of rotatable bonds is 7. The molecule has 10 heteroatoms. The van der Waals surface area contributed by atoms with Crippen LogP contribution in [0.2, 0.25) is 10.0 Å². The van der Waals surface area contributed by atoms with Gasteiger partial charge in [0.25, 0.3) is 10.0 Å². The number of carbonyl (C=O) groups is 2. The summed E-state index contributed by atoms with van der Waals surface area (Å²) in [6, 6.07) is 16.7. The molecular weight excluding hydrogens is 487 g/mol. The van der Waals surface area contributed by atoms with Crippen LogP contribution in [0, 0.1) is 6.92 Å². The zero-order chi connectivity index (χ0) is 24.2. The van der Waals surface area contributed by atoms with Crippen LogP contribution in [0.5, 0.6) is 0 Å². The number of nitrogens with one attached hydrogen (secondary N) is 1. The summed E-state index contributed by atoms with van der Waals surface area (Å²) in [4.78, 5) is 24.7. The zero-order valence-corrected chi connectivity index (χ0v) is 20.0. The van der Waals surface area contributed by atoms with Gasteiger partial charge >= 0.3 is 5.97 Å². The number of benzene rings is 3. The Morgan fingerprint density at radius 2 is 1.67 bits per heavy atom. The van der Waals surface area contributed by atoms with E-state index < -0.39 is 28.4 Å². The molecule has 0 bridgehead atoms. The molecule has 1 amide bonds. The number of esters is 1. The van der Waals surface area contributed by atoms with Gasteiger partial charge in [0.1, 0.15) is 6.54 Å². The van der Waals surface area contributed by atoms with Gasteiger partial charge in [0, 0.05) is 5.02 Å². The number of ether oxygens (including phenoxy) is 1. The minimum Gasteiger partial charge on any atom is -0.465 e. The van der Waals surface area contributed by atoms with E-state index in [9.17, 15) is 18.0 Å². The predicted octanol–water partition coefficient (Wildman–Crippen LogP) is 4.92. The van der Waals surface area contributed by atoms with E-state index in [1.807, 2.05) is 0 Å². The Bertz CT molecular complexity index is 1290. The fourth-order valence-electron chi connectivity index (χ4n) is 3.06. The fourth-order valence-corrected chi connectivity index (χ4v) is 4.84.